The molecule has 0 aliphatic carbocycles. The predicted octanol–water partition coefficient (Wildman–Crippen LogP) is 1.80. The zero-order valence-corrected chi connectivity index (χ0v) is 15.4. The molecule has 1 aromatic carbocycles. The van der Waals surface area contributed by atoms with Crippen LogP contribution in [0.4, 0.5) is 17.6 Å². The van der Waals surface area contributed by atoms with E-state index in [1.807, 2.05) is 0 Å². The number of nitrogens with zero attached hydrogens (tertiary/aromatic N) is 1. The average molecular weight is 430 g/mol. The number of hydrogen-bond acceptors (Lipinski definition) is 7. The number of carbonyl (C=O) groups is 1. The number of piperidine rings is 1. The van der Waals surface area contributed by atoms with E-state index in [0.29, 0.717) is 25.9 Å². The van der Waals surface area contributed by atoms with Crippen LogP contribution in [0.15, 0.2) is 18.2 Å². The van der Waals surface area contributed by atoms with Crippen LogP contribution in [0, 0.1) is 5.82 Å². The fourth-order valence-corrected chi connectivity index (χ4v) is 2.52. The fourth-order valence-electron chi connectivity index (χ4n) is 2.40. The normalized spacial score (nSPS) is 17.4. The van der Waals surface area contributed by atoms with Gasteiger partial charge in [-0.2, -0.15) is 13.2 Å². The van der Waals surface area contributed by atoms with Crippen LogP contribution in [0.25, 0.3) is 0 Å². The van der Waals surface area contributed by atoms with Crippen molar-refractivity contribution in [3.05, 3.63) is 29.0 Å². The van der Waals surface area contributed by atoms with Crippen LogP contribution in [0.2, 0.25) is 5.02 Å². The minimum Gasteiger partial charge on any atom is -0.491 e. The zero-order chi connectivity index (χ0) is 20.7. The van der Waals surface area contributed by atoms with Crippen LogP contribution >= 0.6 is 11.6 Å². The van der Waals surface area contributed by atoms with E-state index >= 15 is 0 Å². The summed E-state index contributed by atoms with van der Waals surface area (Å²) < 4.78 is 54.8. The van der Waals surface area contributed by atoms with Crippen LogP contribution in [-0.4, -0.2) is 60.6 Å². The molecule has 1 aliphatic rings. The van der Waals surface area contributed by atoms with Crippen molar-refractivity contribution in [1.29, 1.82) is 0 Å². The summed E-state index contributed by atoms with van der Waals surface area (Å²) in [6.07, 6.45) is -5.03. The second-order valence-electron chi connectivity index (χ2n) is 6.17. The van der Waals surface area contributed by atoms with E-state index in [1.54, 1.807) is 5.01 Å². The first-order valence-corrected chi connectivity index (χ1v) is 8.81. The van der Waals surface area contributed by atoms with Crippen LogP contribution in [0.3, 0.4) is 0 Å². The lowest BCUT2D eigenvalue weighted by atomic mass is 10.1. The molecular formula is C16H20ClF4N3O4. The van der Waals surface area contributed by atoms with Gasteiger partial charge >= 0.3 is 12.1 Å². The second-order valence-corrected chi connectivity index (χ2v) is 6.58. The predicted molar refractivity (Wildman–Crippen MR) is 90.8 cm³/mol. The topological polar surface area (TPSA) is 83.1 Å². The molecule has 1 unspecified atom stereocenters. The van der Waals surface area contributed by atoms with Crippen molar-refractivity contribution >= 4 is 17.6 Å². The van der Waals surface area contributed by atoms with Crippen molar-refractivity contribution in [2.75, 3.05) is 26.2 Å². The Morgan fingerprint density at radius 3 is 2.64 bits per heavy atom. The highest BCUT2D eigenvalue weighted by Gasteiger charge is 2.41. The summed E-state index contributed by atoms with van der Waals surface area (Å²) in [5, 5.41) is 11.7. The summed E-state index contributed by atoms with van der Waals surface area (Å²) in [5.74, 6) is -2.66. The van der Waals surface area contributed by atoms with E-state index in [9.17, 15) is 27.5 Å². The maximum absolute atomic E-state index is 13.3. The summed E-state index contributed by atoms with van der Waals surface area (Å²) in [4.78, 5) is 14.7. The number of nitrogens with one attached hydrogen (secondary N) is 2. The molecule has 0 aromatic heterocycles. The van der Waals surface area contributed by atoms with Gasteiger partial charge in [0, 0.05) is 31.7 Å². The molecule has 0 spiro atoms. The number of aliphatic hydroxyl groups is 1. The smallest absolute Gasteiger partial charge is 0.491 e. The molecule has 1 aromatic rings. The monoisotopic (exact) mass is 429 g/mol. The summed E-state index contributed by atoms with van der Waals surface area (Å²) >= 11 is 5.57. The Balaban J connectivity index is 1.61. The number of hydrogen-bond donors (Lipinski definition) is 3. The van der Waals surface area contributed by atoms with Gasteiger partial charge in [0.1, 0.15) is 24.3 Å². The van der Waals surface area contributed by atoms with Crippen LogP contribution in [0.1, 0.15) is 12.8 Å². The van der Waals surface area contributed by atoms with E-state index in [4.69, 9.17) is 16.3 Å². The quantitative estimate of drug-likeness (QED) is 0.429. The van der Waals surface area contributed by atoms with E-state index in [2.05, 4.69) is 15.7 Å². The van der Waals surface area contributed by atoms with Gasteiger partial charge in [0.15, 0.2) is 0 Å². The van der Waals surface area contributed by atoms with Gasteiger partial charge in [-0.05, 0) is 25.0 Å². The van der Waals surface area contributed by atoms with E-state index < -0.39 is 30.1 Å². The molecule has 0 bridgehead atoms. The Morgan fingerprint density at radius 2 is 2.04 bits per heavy atom. The molecule has 7 nitrogen and oxygen atoms in total. The largest absolute Gasteiger partial charge is 0.492 e. The van der Waals surface area contributed by atoms with Crippen molar-refractivity contribution in [2.45, 2.75) is 31.2 Å². The SMILES string of the molecule is O=C(ONC1CCN(NCC(O)COc2ccc(Cl)c(F)c2)CC1)C(F)(F)F. The molecule has 2 rings (SSSR count). The van der Waals surface area contributed by atoms with E-state index in [1.165, 1.54) is 12.1 Å². The summed E-state index contributed by atoms with van der Waals surface area (Å²) in [6, 6.07) is 3.55. The molecule has 12 heteroatoms. The lowest BCUT2D eigenvalue weighted by Gasteiger charge is -2.32. The van der Waals surface area contributed by atoms with Crippen LogP contribution in [-0.2, 0) is 9.63 Å². The van der Waals surface area contributed by atoms with Crippen LogP contribution < -0.4 is 15.6 Å². The number of halogens is 5. The van der Waals surface area contributed by atoms with Gasteiger partial charge in [-0.3, -0.25) is 5.43 Å². The number of hydrazine groups is 1. The number of rotatable bonds is 8. The Kier molecular flexibility index (Phi) is 8.25. The highest BCUT2D eigenvalue weighted by atomic mass is 35.5. The third kappa shape index (κ3) is 7.40. The molecule has 1 saturated heterocycles. The number of alkyl halides is 3. The first-order valence-electron chi connectivity index (χ1n) is 8.43. The van der Waals surface area contributed by atoms with Crippen molar-refractivity contribution in [2.24, 2.45) is 0 Å². The Morgan fingerprint density at radius 1 is 1.36 bits per heavy atom. The van der Waals surface area contributed by atoms with E-state index in [0.717, 1.165) is 6.07 Å². The molecular weight excluding hydrogens is 410 g/mol. The van der Waals surface area contributed by atoms with Gasteiger partial charge in [-0.1, -0.05) is 11.6 Å². The first kappa shape index (κ1) is 22.6. The maximum atomic E-state index is 13.3. The Hall–Kier alpha value is -1.66. The summed E-state index contributed by atoms with van der Waals surface area (Å²) in [5.41, 5.74) is 5.11. The molecule has 1 heterocycles. The minimum atomic E-state index is -5.04. The van der Waals surface area contributed by atoms with Gasteiger partial charge < -0.3 is 14.7 Å². The van der Waals surface area contributed by atoms with E-state index in [-0.39, 0.29) is 23.9 Å². The molecule has 3 N–H and O–H groups in total. The molecule has 28 heavy (non-hydrogen) atoms. The van der Waals surface area contributed by atoms with Crippen molar-refractivity contribution < 1.29 is 37.0 Å². The van der Waals surface area contributed by atoms with Gasteiger partial charge in [0.05, 0.1) is 5.02 Å². The minimum absolute atomic E-state index is 0.0272. The van der Waals surface area contributed by atoms with Gasteiger partial charge in [0.25, 0.3) is 0 Å². The molecule has 1 atom stereocenters. The summed E-state index contributed by atoms with van der Waals surface area (Å²) in [7, 11) is 0. The first-order chi connectivity index (χ1) is 13.1. The van der Waals surface area contributed by atoms with Crippen molar-refractivity contribution in [3.63, 3.8) is 0 Å². The lowest BCUT2D eigenvalue weighted by Crippen LogP contribution is -2.51. The van der Waals surface area contributed by atoms with Gasteiger partial charge in [-0.25, -0.2) is 14.2 Å². The number of ether oxygens (including phenoxy) is 1. The lowest BCUT2D eigenvalue weighted by molar-refractivity contribution is -0.209. The highest BCUT2D eigenvalue weighted by molar-refractivity contribution is 6.30. The molecule has 0 saturated carbocycles. The fraction of sp³-hybridized carbons (Fsp3) is 0.562. The third-order valence-electron chi connectivity index (χ3n) is 3.93. The van der Waals surface area contributed by atoms with Crippen LogP contribution in [0.5, 0.6) is 5.75 Å². The molecule has 1 aliphatic heterocycles. The third-order valence-corrected chi connectivity index (χ3v) is 4.24. The Labute approximate surface area is 163 Å². The average Bonchev–Trinajstić information content (AvgIpc) is 2.65. The standard InChI is InChI=1S/C16H20ClF4N3O4/c17-13-2-1-12(7-14(13)18)27-9-11(25)8-22-24-5-3-10(4-6-24)23-28-15(26)16(19,20)21/h1-2,7,10-11,22-23,25H,3-6,8-9H2. The number of aliphatic hydroxyl groups excluding tert-OH is 1. The van der Waals surface area contributed by atoms with Crippen molar-refractivity contribution in [3.8, 4) is 5.75 Å². The van der Waals surface area contributed by atoms with Crippen molar-refractivity contribution in [1.82, 2.24) is 15.9 Å². The Bertz CT molecular complexity index is 657. The maximum Gasteiger partial charge on any atom is 0.492 e. The molecule has 0 radical (unpaired) electrons. The molecule has 158 valence electrons. The van der Waals surface area contributed by atoms with Gasteiger partial charge in [0.2, 0.25) is 0 Å². The molecule has 1 fully saturated rings. The number of hydroxylamine groups is 1. The highest BCUT2D eigenvalue weighted by Crippen LogP contribution is 2.20. The molecule has 0 amide bonds. The second kappa shape index (κ2) is 10.2. The zero-order valence-electron chi connectivity index (χ0n) is 14.6. The number of carbonyl (C=O) groups excluding carboxylic acids is 1. The van der Waals surface area contributed by atoms with Gasteiger partial charge in [-0.15, -0.1) is 5.48 Å². The summed E-state index contributed by atoms with van der Waals surface area (Å²) in [6.45, 7) is 1.03. The number of benzene rings is 1.